The summed E-state index contributed by atoms with van der Waals surface area (Å²) in [6, 6.07) is 0. The van der Waals surface area contributed by atoms with Crippen LogP contribution < -0.4 is 24.0 Å². The zero-order valence-electron chi connectivity index (χ0n) is 8.42. The van der Waals surface area contributed by atoms with Crippen molar-refractivity contribution >= 4 is 7.26 Å². The maximum Gasteiger partial charge on any atom is 0.134 e. The fourth-order valence-electron chi connectivity index (χ4n) is 3.58. The summed E-state index contributed by atoms with van der Waals surface area (Å²) < 4.78 is 5.91. The van der Waals surface area contributed by atoms with Crippen LogP contribution in [0.1, 0.15) is 25.7 Å². The van der Waals surface area contributed by atoms with Crippen molar-refractivity contribution in [2.24, 2.45) is 0 Å². The summed E-state index contributed by atoms with van der Waals surface area (Å²) in [6.45, 7) is 5.08. The van der Waals surface area contributed by atoms with Crippen LogP contribution in [0.5, 0.6) is 0 Å². The Balaban J connectivity index is 0.000000653. The molecule has 0 aromatic rings. The summed E-state index contributed by atoms with van der Waals surface area (Å²) >= 11 is 0. The van der Waals surface area contributed by atoms with E-state index < -0.39 is 7.26 Å². The van der Waals surface area contributed by atoms with Gasteiger partial charge in [-0.05, 0) is 19.3 Å². The van der Waals surface area contributed by atoms with Gasteiger partial charge in [-0.1, -0.05) is 6.42 Å². The van der Waals surface area contributed by atoms with Crippen molar-refractivity contribution in [1.82, 2.24) is 0 Å². The molecule has 3 aliphatic rings. The van der Waals surface area contributed by atoms with E-state index in [0.29, 0.717) is 11.7 Å². The van der Waals surface area contributed by atoms with Gasteiger partial charge in [-0.25, -0.2) is 0 Å². The van der Waals surface area contributed by atoms with E-state index in [1.807, 2.05) is 0 Å². The molecule has 2 aliphatic heterocycles. The molecule has 3 fully saturated rings. The molecule has 3 atom stereocenters. The van der Waals surface area contributed by atoms with Crippen LogP contribution in [0, 0.1) is 0 Å². The number of epoxide rings is 1. The molecule has 1 nitrogen and oxygen atoms in total. The van der Waals surface area contributed by atoms with Gasteiger partial charge < -0.3 is 28.7 Å². The van der Waals surface area contributed by atoms with Crippen molar-refractivity contribution in [1.29, 1.82) is 0 Å². The van der Waals surface area contributed by atoms with Crippen molar-refractivity contribution in [3.63, 3.8) is 0 Å². The number of hydrogen-bond acceptors (Lipinski definition) is 1. The van der Waals surface area contributed by atoms with E-state index in [2.05, 4.69) is 13.3 Å². The molecule has 0 aromatic carbocycles. The molecule has 0 radical (unpaired) electrons. The van der Waals surface area contributed by atoms with Gasteiger partial charge >= 0.3 is 0 Å². The maximum atomic E-state index is 5.91. The van der Waals surface area contributed by atoms with E-state index in [1.54, 1.807) is 0 Å². The van der Waals surface area contributed by atoms with E-state index in [9.17, 15) is 0 Å². The lowest BCUT2D eigenvalue weighted by Gasteiger charge is -2.30. The minimum Gasteiger partial charge on any atom is -1.00 e. The van der Waals surface area contributed by atoms with Crippen molar-refractivity contribution in [3.05, 3.63) is 0 Å². The Bertz CT molecular complexity index is 231. The molecule has 3 heteroatoms. The summed E-state index contributed by atoms with van der Waals surface area (Å²) in [5.41, 5.74) is 1.43. The zero-order chi connectivity index (χ0) is 8.40. The van der Waals surface area contributed by atoms with Crippen LogP contribution in [0.4, 0.5) is 0 Å². The monoisotopic (exact) mass is 312 g/mol. The van der Waals surface area contributed by atoms with Gasteiger partial charge in [0.25, 0.3) is 0 Å². The second-order valence-corrected chi connectivity index (χ2v) is 9.83. The molecule has 3 unspecified atom stereocenters. The van der Waals surface area contributed by atoms with Crippen LogP contribution in [0.3, 0.4) is 0 Å². The molecule has 1 saturated carbocycles. The number of ether oxygens (including phenoxy) is 1. The first-order chi connectivity index (χ1) is 5.65. The molecule has 2 saturated heterocycles. The summed E-state index contributed by atoms with van der Waals surface area (Å²) in [5, 5.41) is 0. The van der Waals surface area contributed by atoms with Gasteiger partial charge in [0, 0.05) is 20.6 Å². The maximum absolute atomic E-state index is 5.91. The van der Waals surface area contributed by atoms with E-state index in [4.69, 9.17) is 4.74 Å². The highest BCUT2D eigenvalue weighted by Gasteiger charge is 2.75. The molecule has 76 valence electrons. The highest BCUT2D eigenvalue weighted by atomic mass is 127. The quantitative estimate of drug-likeness (QED) is 0.329. The van der Waals surface area contributed by atoms with Gasteiger partial charge in [-0.3, -0.25) is 0 Å². The highest BCUT2D eigenvalue weighted by Crippen LogP contribution is 2.76. The van der Waals surface area contributed by atoms with E-state index in [0.717, 1.165) is 5.66 Å². The number of rotatable bonds is 0. The van der Waals surface area contributed by atoms with Crippen LogP contribution in [0.2, 0.25) is 0 Å². The molecule has 0 aromatic heterocycles. The molecule has 3 rings (SSSR count). The number of hydrogen-bond donors (Lipinski definition) is 0. The first-order valence-corrected chi connectivity index (χ1v) is 8.09. The van der Waals surface area contributed by atoms with E-state index >= 15 is 0 Å². The lowest BCUT2D eigenvalue weighted by molar-refractivity contribution is -0.00000377. The molecule has 1 aliphatic carbocycles. The Hall–Kier alpha value is 1.12. The Morgan fingerprint density at radius 2 is 2.08 bits per heavy atom. The Labute approximate surface area is 98.3 Å². The number of halogens is 1. The topological polar surface area (TPSA) is 12.5 Å². The Kier molecular flexibility index (Phi) is 2.50. The van der Waals surface area contributed by atoms with Gasteiger partial charge in [-0.15, -0.1) is 0 Å². The highest BCUT2D eigenvalue weighted by molar-refractivity contribution is 7.75. The smallest absolute Gasteiger partial charge is 0.134 e. The minimum absolute atomic E-state index is 0. The average Bonchev–Trinajstić information content (AvgIpc) is 2.57. The van der Waals surface area contributed by atoms with Crippen LogP contribution in [-0.4, -0.2) is 36.9 Å². The molecular formula is C10H18IOP. The molecule has 0 bridgehead atoms. The third kappa shape index (κ3) is 1.32. The van der Waals surface area contributed by atoms with E-state index in [1.165, 1.54) is 31.8 Å². The summed E-state index contributed by atoms with van der Waals surface area (Å²) in [4.78, 5) is 0. The van der Waals surface area contributed by atoms with Crippen molar-refractivity contribution in [3.8, 4) is 0 Å². The first-order valence-electron chi connectivity index (χ1n) is 5.16. The predicted molar refractivity (Wildman–Crippen MR) is 53.5 cm³/mol. The largest absolute Gasteiger partial charge is 1.00 e. The molecule has 1 spiro atoms. The van der Waals surface area contributed by atoms with Crippen LogP contribution in [-0.2, 0) is 4.74 Å². The van der Waals surface area contributed by atoms with Gasteiger partial charge in [0.2, 0.25) is 0 Å². The second kappa shape index (κ2) is 3.05. The molecule has 13 heavy (non-hydrogen) atoms. The predicted octanol–water partition coefficient (Wildman–Crippen LogP) is -0.639. The van der Waals surface area contributed by atoms with Gasteiger partial charge in [0.05, 0.1) is 6.16 Å². The van der Waals surface area contributed by atoms with Gasteiger partial charge in [0.15, 0.2) is 0 Å². The van der Waals surface area contributed by atoms with E-state index in [-0.39, 0.29) is 24.0 Å². The minimum atomic E-state index is -0.565. The lowest BCUT2D eigenvalue weighted by Crippen LogP contribution is -3.00. The van der Waals surface area contributed by atoms with Crippen LogP contribution in [0.25, 0.3) is 0 Å². The fourth-order valence-corrected chi connectivity index (χ4v) is 7.50. The zero-order valence-corrected chi connectivity index (χ0v) is 11.5. The second-order valence-electron chi connectivity index (χ2n) is 5.28. The van der Waals surface area contributed by atoms with Gasteiger partial charge in [0.1, 0.15) is 17.4 Å². The first kappa shape index (κ1) is 10.6. The van der Waals surface area contributed by atoms with Crippen LogP contribution in [0.15, 0.2) is 0 Å². The molecular weight excluding hydrogens is 294 g/mol. The Morgan fingerprint density at radius 1 is 1.31 bits per heavy atom. The molecule has 0 N–H and O–H groups in total. The molecule has 0 amide bonds. The van der Waals surface area contributed by atoms with Gasteiger partial charge in [-0.2, -0.15) is 0 Å². The van der Waals surface area contributed by atoms with Crippen molar-refractivity contribution in [2.75, 3.05) is 19.5 Å². The molecule has 2 heterocycles. The average molecular weight is 312 g/mol. The summed E-state index contributed by atoms with van der Waals surface area (Å²) in [5.74, 6) is 0. The SMILES string of the molecule is C[P+]1(C)CC2OC23CCCCC31.[I-]. The normalized spacial score (nSPS) is 50.3. The summed E-state index contributed by atoms with van der Waals surface area (Å²) in [6.07, 6.45) is 7.87. The van der Waals surface area contributed by atoms with Crippen molar-refractivity contribution < 1.29 is 28.7 Å². The van der Waals surface area contributed by atoms with Crippen LogP contribution >= 0.6 is 7.26 Å². The Morgan fingerprint density at radius 3 is 2.77 bits per heavy atom. The lowest BCUT2D eigenvalue weighted by atomic mass is 9.86. The fraction of sp³-hybridized carbons (Fsp3) is 1.00. The van der Waals surface area contributed by atoms with Crippen molar-refractivity contribution in [2.45, 2.75) is 43.0 Å². The summed E-state index contributed by atoms with van der Waals surface area (Å²) in [7, 11) is -0.565. The third-order valence-corrected chi connectivity index (χ3v) is 7.84. The standard InChI is InChI=1S/C10H18OP.HI/c1-12(2)7-8-10(11-8)6-4-3-5-9(10)12;/h8-9H,3-7H2,1-2H3;1H/q+1;/p-1. The third-order valence-electron chi connectivity index (χ3n) is 4.19.